The molecule has 1 aromatic rings. The molecule has 0 spiro atoms. The van der Waals surface area contributed by atoms with Crippen molar-refractivity contribution in [2.75, 3.05) is 6.26 Å². The molecule has 1 heterocycles. The number of hydrazine groups is 1. The SMILES string of the molecule is CSC1NN=C(c2ccc(O)cc2)N1N. The van der Waals surface area contributed by atoms with E-state index in [0.29, 0.717) is 5.84 Å². The van der Waals surface area contributed by atoms with E-state index in [-0.39, 0.29) is 11.2 Å². The van der Waals surface area contributed by atoms with Gasteiger partial charge in [0.15, 0.2) is 11.3 Å². The Hall–Kier alpha value is -1.40. The summed E-state index contributed by atoms with van der Waals surface area (Å²) in [6, 6.07) is 6.77. The fourth-order valence-corrected chi connectivity index (χ4v) is 1.82. The van der Waals surface area contributed by atoms with Crippen molar-refractivity contribution in [1.29, 1.82) is 0 Å². The van der Waals surface area contributed by atoms with E-state index in [9.17, 15) is 0 Å². The molecule has 0 saturated carbocycles. The minimum absolute atomic E-state index is 0.0335. The van der Waals surface area contributed by atoms with Gasteiger partial charge in [0.1, 0.15) is 5.75 Å². The second kappa shape index (κ2) is 4.00. The Morgan fingerprint density at radius 3 is 2.67 bits per heavy atom. The van der Waals surface area contributed by atoms with E-state index >= 15 is 0 Å². The highest BCUT2D eigenvalue weighted by Crippen LogP contribution is 2.17. The molecule has 1 aliphatic heterocycles. The molecule has 1 aromatic carbocycles. The average Bonchev–Trinajstić information content (AvgIpc) is 2.61. The Labute approximate surface area is 91.9 Å². The number of hydrazone groups is 1. The van der Waals surface area contributed by atoms with E-state index in [0.717, 1.165) is 5.56 Å². The van der Waals surface area contributed by atoms with Crippen molar-refractivity contribution < 1.29 is 5.11 Å². The second-order valence-electron chi connectivity index (χ2n) is 3.11. The summed E-state index contributed by atoms with van der Waals surface area (Å²) in [7, 11) is 0. The maximum Gasteiger partial charge on any atom is 0.178 e. The predicted molar refractivity (Wildman–Crippen MR) is 61.1 cm³/mol. The third-order valence-electron chi connectivity index (χ3n) is 2.13. The van der Waals surface area contributed by atoms with Crippen molar-refractivity contribution in [2.24, 2.45) is 10.9 Å². The summed E-state index contributed by atoms with van der Waals surface area (Å²) >= 11 is 1.57. The summed E-state index contributed by atoms with van der Waals surface area (Å²) in [6.45, 7) is 0. The van der Waals surface area contributed by atoms with Gasteiger partial charge in [-0.05, 0) is 30.5 Å². The molecule has 0 radical (unpaired) electrons. The number of aromatic hydroxyl groups is 1. The van der Waals surface area contributed by atoms with Crippen molar-refractivity contribution in [3.05, 3.63) is 29.8 Å². The molecular weight excluding hydrogens is 212 g/mol. The van der Waals surface area contributed by atoms with Gasteiger partial charge in [-0.1, -0.05) is 0 Å². The average molecular weight is 224 g/mol. The van der Waals surface area contributed by atoms with Crippen LogP contribution < -0.4 is 11.3 Å². The molecule has 0 saturated heterocycles. The largest absolute Gasteiger partial charge is 0.508 e. The summed E-state index contributed by atoms with van der Waals surface area (Å²) in [5.74, 6) is 6.77. The van der Waals surface area contributed by atoms with Gasteiger partial charge in [0.05, 0.1) is 0 Å². The monoisotopic (exact) mass is 224 g/mol. The first-order chi connectivity index (χ1) is 7.22. The lowest BCUT2D eigenvalue weighted by molar-refractivity contribution is 0.410. The molecule has 0 aromatic heterocycles. The first-order valence-corrected chi connectivity index (χ1v) is 5.70. The fourth-order valence-electron chi connectivity index (χ4n) is 1.34. The first-order valence-electron chi connectivity index (χ1n) is 4.41. The van der Waals surface area contributed by atoms with Gasteiger partial charge in [0, 0.05) is 5.56 Å². The van der Waals surface area contributed by atoms with Crippen LogP contribution in [0.1, 0.15) is 5.56 Å². The van der Waals surface area contributed by atoms with Crippen LogP contribution in [0.25, 0.3) is 0 Å². The minimum Gasteiger partial charge on any atom is -0.508 e. The number of thioether (sulfide) groups is 1. The maximum atomic E-state index is 9.16. The highest BCUT2D eigenvalue weighted by atomic mass is 32.2. The number of nitrogens with two attached hydrogens (primary N) is 1. The van der Waals surface area contributed by atoms with Gasteiger partial charge in [0.25, 0.3) is 0 Å². The molecule has 1 unspecified atom stereocenters. The normalized spacial score (nSPS) is 20.0. The number of amidine groups is 1. The smallest absolute Gasteiger partial charge is 0.178 e. The quantitative estimate of drug-likeness (QED) is 0.637. The summed E-state index contributed by atoms with van der Waals surface area (Å²) in [5.41, 5.74) is 3.75. The van der Waals surface area contributed by atoms with Crippen LogP contribution in [0.2, 0.25) is 0 Å². The lowest BCUT2D eigenvalue weighted by Crippen LogP contribution is -2.43. The Bertz CT molecular complexity index is 378. The molecule has 15 heavy (non-hydrogen) atoms. The molecule has 0 fully saturated rings. The van der Waals surface area contributed by atoms with E-state index in [1.54, 1.807) is 41.0 Å². The molecular formula is C9H12N4OS. The zero-order chi connectivity index (χ0) is 10.8. The molecule has 1 atom stereocenters. The molecule has 6 heteroatoms. The van der Waals surface area contributed by atoms with Gasteiger partial charge in [-0.15, -0.1) is 11.8 Å². The van der Waals surface area contributed by atoms with Crippen molar-refractivity contribution in [1.82, 2.24) is 10.4 Å². The lowest BCUT2D eigenvalue weighted by atomic mass is 10.2. The molecule has 0 amide bonds. The lowest BCUT2D eigenvalue weighted by Gasteiger charge is -2.19. The van der Waals surface area contributed by atoms with Crippen LogP contribution in [0.4, 0.5) is 0 Å². The maximum absolute atomic E-state index is 9.16. The molecule has 80 valence electrons. The Kier molecular flexibility index (Phi) is 2.70. The van der Waals surface area contributed by atoms with E-state index < -0.39 is 0 Å². The Morgan fingerprint density at radius 1 is 1.47 bits per heavy atom. The fraction of sp³-hybridized carbons (Fsp3) is 0.222. The molecule has 5 nitrogen and oxygen atoms in total. The number of phenolic OH excluding ortho intramolecular Hbond substituents is 1. The topological polar surface area (TPSA) is 73.9 Å². The number of rotatable bonds is 2. The van der Waals surface area contributed by atoms with Gasteiger partial charge < -0.3 is 5.11 Å². The van der Waals surface area contributed by atoms with Crippen molar-refractivity contribution in [2.45, 2.75) is 5.50 Å². The number of hydrogen-bond donors (Lipinski definition) is 3. The van der Waals surface area contributed by atoms with Crippen LogP contribution in [0.5, 0.6) is 5.75 Å². The van der Waals surface area contributed by atoms with Crippen LogP contribution in [0.3, 0.4) is 0 Å². The zero-order valence-corrected chi connectivity index (χ0v) is 9.03. The number of phenols is 1. The predicted octanol–water partition coefficient (Wildman–Crippen LogP) is 0.479. The highest BCUT2D eigenvalue weighted by Gasteiger charge is 2.24. The van der Waals surface area contributed by atoms with Gasteiger partial charge in [-0.3, -0.25) is 10.4 Å². The van der Waals surface area contributed by atoms with Gasteiger partial charge in [0.2, 0.25) is 0 Å². The van der Waals surface area contributed by atoms with Crippen molar-refractivity contribution >= 4 is 17.6 Å². The van der Waals surface area contributed by atoms with Crippen molar-refractivity contribution in [3.63, 3.8) is 0 Å². The highest BCUT2D eigenvalue weighted by molar-refractivity contribution is 7.99. The minimum atomic E-state index is -0.0335. The first kappa shape index (κ1) is 10.1. The van der Waals surface area contributed by atoms with Crippen LogP contribution in [-0.2, 0) is 0 Å². The standard InChI is InChI=1S/C9H12N4OS/c1-15-9-12-11-8(13(9)10)6-2-4-7(14)5-3-6/h2-5,9,12,14H,10H2,1H3. The summed E-state index contributed by atoms with van der Waals surface area (Å²) in [5, 5.41) is 14.9. The second-order valence-corrected chi connectivity index (χ2v) is 4.02. The molecule has 0 aliphatic carbocycles. The number of nitrogens with one attached hydrogen (secondary N) is 1. The van der Waals surface area contributed by atoms with E-state index in [4.69, 9.17) is 10.9 Å². The third-order valence-corrected chi connectivity index (χ3v) is 2.91. The van der Waals surface area contributed by atoms with Crippen LogP contribution in [0, 0.1) is 0 Å². The van der Waals surface area contributed by atoms with Crippen molar-refractivity contribution in [3.8, 4) is 5.75 Å². The number of hydrogen-bond acceptors (Lipinski definition) is 6. The molecule has 4 N–H and O–H groups in total. The van der Waals surface area contributed by atoms with Crippen LogP contribution >= 0.6 is 11.8 Å². The summed E-state index contributed by atoms with van der Waals surface area (Å²) < 4.78 is 0. The molecule has 2 rings (SSSR count). The Morgan fingerprint density at radius 2 is 2.13 bits per heavy atom. The van der Waals surface area contributed by atoms with Crippen LogP contribution in [-0.4, -0.2) is 27.7 Å². The van der Waals surface area contributed by atoms with E-state index in [1.807, 2.05) is 6.26 Å². The van der Waals surface area contributed by atoms with E-state index in [2.05, 4.69) is 10.5 Å². The van der Waals surface area contributed by atoms with Gasteiger partial charge in [-0.2, -0.15) is 5.10 Å². The van der Waals surface area contributed by atoms with Gasteiger partial charge in [-0.25, -0.2) is 5.84 Å². The van der Waals surface area contributed by atoms with E-state index in [1.165, 1.54) is 0 Å². The molecule has 1 aliphatic rings. The number of nitrogens with zero attached hydrogens (tertiary/aromatic N) is 2. The number of benzene rings is 1. The van der Waals surface area contributed by atoms with Crippen LogP contribution in [0.15, 0.2) is 29.4 Å². The summed E-state index contributed by atoms with van der Waals surface area (Å²) in [4.78, 5) is 0. The van der Waals surface area contributed by atoms with Gasteiger partial charge >= 0.3 is 0 Å². The zero-order valence-electron chi connectivity index (χ0n) is 8.21. The summed E-state index contributed by atoms with van der Waals surface area (Å²) in [6.07, 6.45) is 1.95. The third kappa shape index (κ3) is 1.86. The molecule has 0 bridgehead atoms. The Balaban J connectivity index is 2.22.